The molecule has 0 unspecified atom stereocenters. The van der Waals surface area contributed by atoms with Crippen LogP contribution in [0.3, 0.4) is 0 Å². The summed E-state index contributed by atoms with van der Waals surface area (Å²) in [6, 6.07) is 17.1. The lowest BCUT2D eigenvalue weighted by Gasteiger charge is -2.21. The summed E-state index contributed by atoms with van der Waals surface area (Å²) in [4.78, 5) is 0. The van der Waals surface area contributed by atoms with Gasteiger partial charge in [0.15, 0.2) is 0 Å². The van der Waals surface area contributed by atoms with E-state index in [0.29, 0.717) is 0 Å². The zero-order chi connectivity index (χ0) is 15.7. The molecule has 2 aromatic carbocycles. The molecule has 1 nitrogen and oxygen atoms in total. The Labute approximate surface area is 129 Å². The van der Waals surface area contributed by atoms with Gasteiger partial charge in [-0.05, 0) is 55.0 Å². The van der Waals surface area contributed by atoms with E-state index in [9.17, 15) is 0 Å². The largest absolute Gasteiger partial charge is 0.488 e. The van der Waals surface area contributed by atoms with Gasteiger partial charge in [-0.2, -0.15) is 0 Å². The van der Waals surface area contributed by atoms with E-state index >= 15 is 0 Å². The zero-order valence-electron chi connectivity index (χ0n) is 14.0. The minimum absolute atomic E-state index is 0.157. The Morgan fingerprint density at radius 3 is 1.43 bits per heavy atom. The topological polar surface area (TPSA) is 9.23 Å². The molecule has 0 bridgehead atoms. The molecule has 0 aromatic heterocycles. The van der Waals surface area contributed by atoms with Gasteiger partial charge in [-0.1, -0.05) is 57.2 Å². The molecule has 0 aliphatic heterocycles. The molecule has 112 valence electrons. The second-order valence-electron chi connectivity index (χ2n) is 7.57. The SMILES string of the molecule is CC(C)(C)Oc1ccc(-c2ccc(C(C)(C)C)cc2)cc1. The summed E-state index contributed by atoms with van der Waals surface area (Å²) in [5.41, 5.74) is 3.86. The molecule has 0 radical (unpaired) electrons. The van der Waals surface area contributed by atoms with Crippen molar-refractivity contribution >= 4 is 0 Å². The molecule has 2 aromatic rings. The van der Waals surface area contributed by atoms with Crippen LogP contribution in [-0.2, 0) is 5.41 Å². The molecule has 1 heteroatoms. The summed E-state index contributed by atoms with van der Waals surface area (Å²) in [5.74, 6) is 0.914. The third kappa shape index (κ3) is 4.35. The maximum Gasteiger partial charge on any atom is 0.120 e. The highest BCUT2D eigenvalue weighted by molar-refractivity contribution is 5.64. The summed E-state index contributed by atoms with van der Waals surface area (Å²) >= 11 is 0. The molecule has 0 aliphatic rings. The van der Waals surface area contributed by atoms with Crippen molar-refractivity contribution in [3.63, 3.8) is 0 Å². The molecular formula is C20H26O. The van der Waals surface area contributed by atoms with Crippen LogP contribution in [0.25, 0.3) is 11.1 Å². The Morgan fingerprint density at radius 2 is 1.05 bits per heavy atom. The van der Waals surface area contributed by atoms with Gasteiger partial charge >= 0.3 is 0 Å². The normalized spacial score (nSPS) is 12.3. The van der Waals surface area contributed by atoms with Crippen LogP contribution in [0.4, 0.5) is 0 Å². The number of hydrogen-bond acceptors (Lipinski definition) is 1. The quantitative estimate of drug-likeness (QED) is 0.673. The molecule has 0 N–H and O–H groups in total. The Morgan fingerprint density at radius 1 is 0.619 bits per heavy atom. The predicted octanol–water partition coefficient (Wildman–Crippen LogP) is 5.83. The Hall–Kier alpha value is -1.76. The maximum atomic E-state index is 5.86. The first-order valence-corrected chi connectivity index (χ1v) is 7.55. The van der Waals surface area contributed by atoms with E-state index in [1.807, 2.05) is 12.1 Å². The van der Waals surface area contributed by atoms with Gasteiger partial charge in [0.2, 0.25) is 0 Å². The van der Waals surface area contributed by atoms with Gasteiger partial charge < -0.3 is 4.74 Å². The van der Waals surface area contributed by atoms with Crippen molar-refractivity contribution in [2.45, 2.75) is 52.6 Å². The Balaban J connectivity index is 2.19. The van der Waals surface area contributed by atoms with Crippen LogP contribution in [0.1, 0.15) is 47.1 Å². The van der Waals surface area contributed by atoms with Crippen LogP contribution in [0.15, 0.2) is 48.5 Å². The molecule has 2 rings (SSSR count). The summed E-state index contributed by atoms with van der Waals surface area (Å²) in [5, 5.41) is 0. The molecule has 0 heterocycles. The second kappa shape index (κ2) is 5.55. The molecule has 0 atom stereocenters. The van der Waals surface area contributed by atoms with Crippen LogP contribution < -0.4 is 4.74 Å². The van der Waals surface area contributed by atoms with E-state index in [1.54, 1.807) is 0 Å². The van der Waals surface area contributed by atoms with Gasteiger partial charge in [0.25, 0.3) is 0 Å². The highest BCUT2D eigenvalue weighted by atomic mass is 16.5. The summed E-state index contributed by atoms with van der Waals surface area (Å²) in [6.45, 7) is 12.9. The third-order valence-electron chi connectivity index (χ3n) is 3.36. The fourth-order valence-electron chi connectivity index (χ4n) is 2.23. The van der Waals surface area contributed by atoms with Gasteiger partial charge in [0.05, 0.1) is 0 Å². The van der Waals surface area contributed by atoms with Crippen molar-refractivity contribution in [1.82, 2.24) is 0 Å². The van der Waals surface area contributed by atoms with Crippen molar-refractivity contribution in [2.75, 3.05) is 0 Å². The first kappa shape index (κ1) is 15.6. The highest BCUT2D eigenvalue weighted by Crippen LogP contribution is 2.28. The predicted molar refractivity (Wildman–Crippen MR) is 91.0 cm³/mol. The Kier molecular flexibility index (Phi) is 4.13. The summed E-state index contributed by atoms with van der Waals surface area (Å²) in [7, 11) is 0. The number of rotatable bonds is 2. The van der Waals surface area contributed by atoms with Crippen molar-refractivity contribution in [1.29, 1.82) is 0 Å². The first-order chi connectivity index (χ1) is 9.65. The smallest absolute Gasteiger partial charge is 0.120 e. The van der Waals surface area contributed by atoms with Gasteiger partial charge in [0.1, 0.15) is 11.4 Å². The zero-order valence-corrected chi connectivity index (χ0v) is 14.0. The van der Waals surface area contributed by atoms with Crippen LogP contribution in [0, 0.1) is 0 Å². The number of benzene rings is 2. The molecule has 0 saturated carbocycles. The van der Waals surface area contributed by atoms with E-state index in [0.717, 1.165) is 5.75 Å². The van der Waals surface area contributed by atoms with Gasteiger partial charge in [-0.25, -0.2) is 0 Å². The van der Waals surface area contributed by atoms with E-state index in [4.69, 9.17) is 4.74 Å². The van der Waals surface area contributed by atoms with E-state index in [-0.39, 0.29) is 11.0 Å². The third-order valence-corrected chi connectivity index (χ3v) is 3.36. The van der Waals surface area contributed by atoms with Crippen molar-refractivity contribution in [3.8, 4) is 16.9 Å². The van der Waals surface area contributed by atoms with E-state index in [1.165, 1.54) is 16.7 Å². The minimum Gasteiger partial charge on any atom is -0.488 e. The Bertz CT molecular complexity index is 578. The van der Waals surface area contributed by atoms with Crippen molar-refractivity contribution in [3.05, 3.63) is 54.1 Å². The second-order valence-corrected chi connectivity index (χ2v) is 7.57. The molecule has 21 heavy (non-hydrogen) atoms. The van der Waals surface area contributed by atoms with E-state index in [2.05, 4.69) is 77.9 Å². The lowest BCUT2D eigenvalue weighted by atomic mass is 9.86. The average Bonchev–Trinajstić information content (AvgIpc) is 2.37. The molecule has 0 saturated heterocycles. The average molecular weight is 282 g/mol. The number of ether oxygens (including phenoxy) is 1. The standard InChI is InChI=1S/C20H26O/c1-19(2,3)17-11-7-15(8-12-17)16-9-13-18(14-10-16)21-20(4,5)6/h7-14H,1-6H3. The van der Waals surface area contributed by atoms with Crippen molar-refractivity contribution in [2.24, 2.45) is 0 Å². The van der Waals surface area contributed by atoms with Crippen molar-refractivity contribution < 1.29 is 4.74 Å². The molecular weight excluding hydrogens is 256 g/mol. The summed E-state index contributed by atoms with van der Waals surface area (Å²) in [6.07, 6.45) is 0. The molecule has 0 aliphatic carbocycles. The molecule has 0 amide bonds. The van der Waals surface area contributed by atoms with Crippen LogP contribution in [0.2, 0.25) is 0 Å². The minimum atomic E-state index is -0.157. The van der Waals surface area contributed by atoms with Gasteiger partial charge in [-0.15, -0.1) is 0 Å². The lowest BCUT2D eigenvalue weighted by Crippen LogP contribution is -2.22. The maximum absolute atomic E-state index is 5.86. The van der Waals surface area contributed by atoms with Gasteiger partial charge in [0, 0.05) is 0 Å². The fourth-order valence-corrected chi connectivity index (χ4v) is 2.23. The lowest BCUT2D eigenvalue weighted by molar-refractivity contribution is 0.131. The first-order valence-electron chi connectivity index (χ1n) is 7.55. The van der Waals surface area contributed by atoms with Crippen LogP contribution in [-0.4, -0.2) is 5.60 Å². The van der Waals surface area contributed by atoms with Crippen LogP contribution in [0.5, 0.6) is 5.75 Å². The molecule has 0 fully saturated rings. The highest BCUT2D eigenvalue weighted by Gasteiger charge is 2.13. The monoisotopic (exact) mass is 282 g/mol. The molecule has 0 spiro atoms. The van der Waals surface area contributed by atoms with Gasteiger partial charge in [-0.3, -0.25) is 0 Å². The van der Waals surface area contributed by atoms with Crippen LogP contribution >= 0.6 is 0 Å². The number of hydrogen-bond donors (Lipinski definition) is 0. The fraction of sp³-hybridized carbons (Fsp3) is 0.400. The summed E-state index contributed by atoms with van der Waals surface area (Å²) < 4.78 is 5.86. The van der Waals surface area contributed by atoms with E-state index < -0.39 is 0 Å².